The Hall–Kier alpha value is -0.340. The van der Waals surface area contributed by atoms with Gasteiger partial charge in [-0.2, -0.15) is 0 Å². The number of ether oxygens (including phenoxy) is 1. The first-order chi connectivity index (χ1) is 8.11. The largest absolute Gasteiger partial charge is 0.481 e. The first-order valence-electron chi connectivity index (χ1n) is 6.47. The van der Waals surface area contributed by atoms with Crippen molar-refractivity contribution in [3.63, 3.8) is 0 Å². The maximum atomic E-state index is 11.7. The maximum Gasteiger partial charge on any atom is 0.310 e. The van der Waals surface area contributed by atoms with E-state index < -0.39 is 13.8 Å². The summed E-state index contributed by atoms with van der Waals surface area (Å²) < 4.78 is 17.1. The van der Waals surface area contributed by atoms with Gasteiger partial charge in [0.25, 0.3) is 0 Å². The van der Waals surface area contributed by atoms with Crippen LogP contribution in [0.5, 0.6) is 0 Å². The molecular formula is C12H25O4P. The van der Waals surface area contributed by atoms with E-state index in [-0.39, 0.29) is 12.0 Å². The molecule has 0 fully saturated rings. The second-order valence-corrected chi connectivity index (χ2v) is 6.11. The minimum absolute atomic E-state index is 0.246. The molecular weight excluding hydrogens is 239 g/mol. The average Bonchev–Trinajstić information content (AvgIpc) is 2.26. The minimum atomic E-state index is -2.15. The SMILES string of the molecule is CCCCCCCC(OCC)[PH](=O)CC(=O)O. The van der Waals surface area contributed by atoms with Crippen LogP contribution >= 0.6 is 7.80 Å². The summed E-state index contributed by atoms with van der Waals surface area (Å²) in [6.07, 6.45) is 6.18. The normalized spacial score (nSPS) is 14.5. The number of rotatable bonds is 11. The molecule has 0 radical (unpaired) electrons. The van der Waals surface area contributed by atoms with E-state index in [4.69, 9.17) is 9.84 Å². The van der Waals surface area contributed by atoms with E-state index in [2.05, 4.69) is 6.92 Å². The monoisotopic (exact) mass is 264 g/mol. The Morgan fingerprint density at radius 2 is 1.88 bits per heavy atom. The van der Waals surface area contributed by atoms with Crippen molar-refractivity contribution in [1.82, 2.24) is 0 Å². The van der Waals surface area contributed by atoms with Gasteiger partial charge in [0.15, 0.2) is 0 Å². The quantitative estimate of drug-likeness (QED) is 0.459. The highest BCUT2D eigenvalue weighted by atomic mass is 31.1. The second-order valence-electron chi connectivity index (χ2n) is 4.18. The lowest BCUT2D eigenvalue weighted by molar-refractivity contribution is -0.134. The fourth-order valence-corrected chi connectivity index (χ4v) is 3.14. The zero-order valence-corrected chi connectivity index (χ0v) is 11.9. The number of hydrogen-bond donors (Lipinski definition) is 1. The van der Waals surface area contributed by atoms with Gasteiger partial charge in [0.05, 0.1) is 6.16 Å². The summed E-state index contributed by atoms with van der Waals surface area (Å²) in [7, 11) is -2.15. The summed E-state index contributed by atoms with van der Waals surface area (Å²) in [5.41, 5.74) is 0. The van der Waals surface area contributed by atoms with Crippen molar-refractivity contribution in [3.8, 4) is 0 Å². The molecule has 4 nitrogen and oxygen atoms in total. The Kier molecular flexibility index (Phi) is 10.6. The van der Waals surface area contributed by atoms with Crippen LogP contribution in [0.15, 0.2) is 0 Å². The Labute approximate surface area is 105 Å². The Balaban J connectivity index is 3.88. The minimum Gasteiger partial charge on any atom is -0.481 e. The van der Waals surface area contributed by atoms with E-state index in [0.29, 0.717) is 6.61 Å². The van der Waals surface area contributed by atoms with Gasteiger partial charge in [-0.05, 0) is 13.3 Å². The highest BCUT2D eigenvalue weighted by molar-refractivity contribution is 7.46. The second kappa shape index (κ2) is 10.8. The summed E-state index contributed by atoms with van der Waals surface area (Å²) in [6.45, 7) is 4.50. The van der Waals surface area contributed by atoms with Crippen molar-refractivity contribution in [3.05, 3.63) is 0 Å². The Morgan fingerprint density at radius 1 is 1.24 bits per heavy atom. The lowest BCUT2D eigenvalue weighted by atomic mass is 10.1. The summed E-state index contributed by atoms with van der Waals surface area (Å²) in [4.78, 5) is 10.5. The standard InChI is InChI=1S/C12H25O4P/c1-3-5-6-7-8-9-12(16-4-2)17(15)10-11(13)14/h12,17H,3-10H2,1-2H3,(H,13,14). The fraction of sp³-hybridized carbons (Fsp3) is 0.917. The third-order valence-corrected chi connectivity index (χ3v) is 4.45. The molecule has 0 saturated carbocycles. The number of unbranched alkanes of at least 4 members (excludes halogenated alkanes) is 4. The number of carboxylic acids is 1. The number of carbonyl (C=O) groups is 1. The van der Waals surface area contributed by atoms with E-state index in [1.807, 2.05) is 6.92 Å². The molecule has 102 valence electrons. The molecule has 0 aromatic rings. The Bertz CT molecular complexity index is 231. The predicted molar refractivity (Wildman–Crippen MR) is 70.3 cm³/mol. The van der Waals surface area contributed by atoms with Gasteiger partial charge in [-0.25, -0.2) is 0 Å². The van der Waals surface area contributed by atoms with Gasteiger partial charge < -0.3 is 14.4 Å². The molecule has 0 heterocycles. The summed E-state index contributed by atoms with van der Waals surface area (Å²) in [6, 6.07) is 0. The predicted octanol–water partition coefficient (Wildman–Crippen LogP) is 3.35. The molecule has 1 N–H and O–H groups in total. The number of hydrogen-bond acceptors (Lipinski definition) is 3. The van der Waals surface area contributed by atoms with E-state index >= 15 is 0 Å². The van der Waals surface area contributed by atoms with Crippen LogP contribution in [0, 0.1) is 0 Å². The highest BCUT2D eigenvalue weighted by Crippen LogP contribution is 2.32. The molecule has 5 heteroatoms. The third-order valence-electron chi connectivity index (χ3n) is 2.62. The van der Waals surface area contributed by atoms with E-state index in [0.717, 1.165) is 19.3 Å². The van der Waals surface area contributed by atoms with Crippen LogP contribution in [0.25, 0.3) is 0 Å². The molecule has 2 atom stereocenters. The van der Waals surface area contributed by atoms with Crippen LogP contribution in [0.1, 0.15) is 52.4 Å². The van der Waals surface area contributed by atoms with Gasteiger partial charge >= 0.3 is 5.97 Å². The molecule has 0 rings (SSSR count). The molecule has 2 unspecified atom stereocenters. The first-order valence-corrected chi connectivity index (χ1v) is 8.17. The molecule has 0 aliphatic carbocycles. The molecule has 0 aromatic heterocycles. The van der Waals surface area contributed by atoms with Gasteiger partial charge in [-0.15, -0.1) is 0 Å². The highest BCUT2D eigenvalue weighted by Gasteiger charge is 2.18. The molecule has 0 bridgehead atoms. The van der Waals surface area contributed by atoms with Crippen molar-refractivity contribution in [2.45, 2.75) is 58.2 Å². The zero-order valence-electron chi connectivity index (χ0n) is 10.9. The average molecular weight is 264 g/mol. The first kappa shape index (κ1) is 16.7. The molecule has 0 aliphatic heterocycles. The Morgan fingerprint density at radius 3 is 2.41 bits per heavy atom. The third kappa shape index (κ3) is 9.37. The van der Waals surface area contributed by atoms with Crippen molar-refractivity contribution >= 4 is 13.8 Å². The molecule has 0 aromatic carbocycles. The van der Waals surface area contributed by atoms with Crippen molar-refractivity contribution in [2.24, 2.45) is 0 Å². The van der Waals surface area contributed by atoms with Gasteiger partial charge in [-0.3, -0.25) is 4.79 Å². The van der Waals surface area contributed by atoms with Crippen LogP contribution in [-0.2, 0) is 14.1 Å². The topological polar surface area (TPSA) is 63.6 Å². The van der Waals surface area contributed by atoms with Crippen LogP contribution in [-0.4, -0.2) is 29.7 Å². The van der Waals surface area contributed by atoms with E-state index in [1.54, 1.807) is 0 Å². The van der Waals surface area contributed by atoms with Crippen LogP contribution in [0.4, 0.5) is 0 Å². The lowest BCUT2D eigenvalue weighted by Crippen LogP contribution is -2.12. The number of aliphatic carboxylic acids is 1. The summed E-state index contributed by atoms with van der Waals surface area (Å²) >= 11 is 0. The maximum absolute atomic E-state index is 11.7. The van der Waals surface area contributed by atoms with Gasteiger partial charge in [0.2, 0.25) is 0 Å². The van der Waals surface area contributed by atoms with Gasteiger partial charge in [0.1, 0.15) is 13.6 Å². The smallest absolute Gasteiger partial charge is 0.310 e. The summed E-state index contributed by atoms with van der Waals surface area (Å²) in [5, 5.41) is 8.61. The molecule has 17 heavy (non-hydrogen) atoms. The van der Waals surface area contributed by atoms with Crippen molar-refractivity contribution < 1.29 is 19.2 Å². The van der Waals surface area contributed by atoms with Crippen molar-refractivity contribution in [2.75, 3.05) is 12.8 Å². The van der Waals surface area contributed by atoms with Gasteiger partial charge in [-0.1, -0.05) is 39.0 Å². The van der Waals surface area contributed by atoms with Crippen molar-refractivity contribution in [1.29, 1.82) is 0 Å². The van der Waals surface area contributed by atoms with Crippen LogP contribution in [0.3, 0.4) is 0 Å². The molecule has 0 spiro atoms. The van der Waals surface area contributed by atoms with Crippen LogP contribution < -0.4 is 0 Å². The van der Waals surface area contributed by atoms with Gasteiger partial charge in [0, 0.05) is 6.61 Å². The van der Waals surface area contributed by atoms with E-state index in [9.17, 15) is 9.36 Å². The molecule has 0 amide bonds. The zero-order chi connectivity index (χ0) is 13.1. The molecule has 0 aliphatic rings. The fourth-order valence-electron chi connectivity index (χ4n) is 1.73. The van der Waals surface area contributed by atoms with E-state index in [1.165, 1.54) is 19.3 Å². The lowest BCUT2D eigenvalue weighted by Gasteiger charge is -2.15. The molecule has 0 saturated heterocycles. The number of carboxylic acid groups (broad SMARTS) is 1. The summed E-state index contributed by atoms with van der Waals surface area (Å²) in [5.74, 6) is -1.34. The van der Waals surface area contributed by atoms with Crippen LogP contribution in [0.2, 0.25) is 0 Å².